The summed E-state index contributed by atoms with van der Waals surface area (Å²) in [6.45, 7) is 3.12. The zero-order chi connectivity index (χ0) is 17.2. The van der Waals surface area contributed by atoms with E-state index in [0.29, 0.717) is 5.56 Å². The molecule has 2 N–H and O–H groups in total. The average molecular weight is 341 g/mol. The summed E-state index contributed by atoms with van der Waals surface area (Å²) in [7, 11) is 0. The Morgan fingerprint density at radius 3 is 2.72 bits per heavy atom. The van der Waals surface area contributed by atoms with Crippen LogP contribution in [0.25, 0.3) is 5.52 Å². The Kier molecular flexibility index (Phi) is 4.47. The highest BCUT2D eigenvalue weighted by molar-refractivity contribution is 5.72. The molecule has 4 rings (SSSR count). The molecule has 0 atom stereocenters. The standard InChI is InChI=1S/C18H23N5O2/c19-10-13-11-21-23-12-15(22-5-7-24-8-6-22)9-17(18(13)23)25-16-3-1-14(20)2-4-16/h9,11-12,14,16H,1-8,20H2/t14-,16+. The molecule has 7 nitrogen and oxygen atoms in total. The SMILES string of the molecule is N#Cc1cnn2cc(N3CCOCC3)cc(O[C@H]3CC[C@@H](N)CC3)c12. The number of morpholine rings is 1. The predicted octanol–water partition coefficient (Wildman–Crippen LogP) is 1.69. The maximum atomic E-state index is 9.41. The second kappa shape index (κ2) is 6.90. The third-order valence-corrected chi connectivity index (χ3v) is 5.07. The van der Waals surface area contributed by atoms with E-state index in [9.17, 15) is 5.26 Å². The zero-order valence-corrected chi connectivity index (χ0v) is 14.2. The Balaban J connectivity index is 1.68. The number of pyridine rings is 1. The molecular weight excluding hydrogens is 318 g/mol. The van der Waals surface area contributed by atoms with E-state index < -0.39 is 0 Å². The number of nitrogens with two attached hydrogens (primary N) is 1. The molecule has 1 saturated carbocycles. The van der Waals surface area contributed by atoms with Crippen LogP contribution in [0.1, 0.15) is 31.2 Å². The lowest BCUT2D eigenvalue weighted by Gasteiger charge is -2.30. The smallest absolute Gasteiger partial charge is 0.148 e. The largest absolute Gasteiger partial charge is 0.488 e. The molecule has 0 spiro atoms. The Labute approximate surface area is 146 Å². The number of nitriles is 1. The highest BCUT2D eigenvalue weighted by atomic mass is 16.5. The van der Waals surface area contributed by atoms with Crippen LogP contribution in [0.4, 0.5) is 5.69 Å². The minimum Gasteiger partial charge on any atom is -0.488 e. The number of rotatable bonds is 3. The predicted molar refractivity (Wildman–Crippen MR) is 93.8 cm³/mol. The van der Waals surface area contributed by atoms with Crippen molar-refractivity contribution in [2.24, 2.45) is 5.73 Å². The van der Waals surface area contributed by atoms with Gasteiger partial charge in [0.15, 0.2) is 0 Å². The molecule has 0 unspecified atom stereocenters. The molecule has 25 heavy (non-hydrogen) atoms. The van der Waals surface area contributed by atoms with Gasteiger partial charge in [0.1, 0.15) is 22.9 Å². The molecule has 0 aromatic carbocycles. The second-order valence-electron chi connectivity index (χ2n) is 6.78. The summed E-state index contributed by atoms with van der Waals surface area (Å²) >= 11 is 0. The molecule has 3 heterocycles. The van der Waals surface area contributed by atoms with Crippen LogP contribution in [0.5, 0.6) is 5.75 Å². The molecule has 0 bridgehead atoms. The van der Waals surface area contributed by atoms with Gasteiger partial charge in [0.05, 0.1) is 37.4 Å². The van der Waals surface area contributed by atoms with E-state index in [-0.39, 0.29) is 12.1 Å². The third kappa shape index (κ3) is 3.28. The topological polar surface area (TPSA) is 88.8 Å². The number of nitrogens with zero attached hydrogens (tertiary/aromatic N) is 4. The van der Waals surface area contributed by atoms with Crippen molar-refractivity contribution in [1.82, 2.24) is 9.61 Å². The highest BCUT2D eigenvalue weighted by Crippen LogP contribution is 2.32. The van der Waals surface area contributed by atoms with Gasteiger partial charge in [-0.2, -0.15) is 10.4 Å². The first-order valence-electron chi connectivity index (χ1n) is 8.91. The van der Waals surface area contributed by atoms with Crippen molar-refractivity contribution in [3.8, 4) is 11.8 Å². The van der Waals surface area contributed by atoms with Gasteiger partial charge < -0.3 is 20.1 Å². The van der Waals surface area contributed by atoms with Crippen LogP contribution >= 0.6 is 0 Å². The maximum Gasteiger partial charge on any atom is 0.148 e. The maximum absolute atomic E-state index is 9.41. The lowest BCUT2D eigenvalue weighted by atomic mass is 9.94. The van der Waals surface area contributed by atoms with Gasteiger partial charge in [0.25, 0.3) is 0 Å². The highest BCUT2D eigenvalue weighted by Gasteiger charge is 2.23. The zero-order valence-electron chi connectivity index (χ0n) is 14.2. The summed E-state index contributed by atoms with van der Waals surface area (Å²) < 4.78 is 13.5. The lowest BCUT2D eigenvalue weighted by molar-refractivity contribution is 0.122. The molecule has 1 aliphatic carbocycles. The fourth-order valence-electron chi connectivity index (χ4n) is 3.62. The molecule has 1 saturated heterocycles. The van der Waals surface area contributed by atoms with Gasteiger partial charge >= 0.3 is 0 Å². The molecule has 0 radical (unpaired) electrons. The minimum absolute atomic E-state index is 0.144. The summed E-state index contributed by atoms with van der Waals surface area (Å²) in [5.74, 6) is 0.735. The third-order valence-electron chi connectivity index (χ3n) is 5.07. The summed E-state index contributed by atoms with van der Waals surface area (Å²) in [4.78, 5) is 2.26. The number of fused-ring (bicyclic) bond motifs is 1. The van der Waals surface area contributed by atoms with Crippen LogP contribution in [-0.2, 0) is 4.74 Å². The van der Waals surface area contributed by atoms with Crippen molar-refractivity contribution < 1.29 is 9.47 Å². The van der Waals surface area contributed by atoms with Gasteiger partial charge in [-0.3, -0.25) is 0 Å². The molecule has 2 aromatic heterocycles. The van der Waals surface area contributed by atoms with E-state index in [1.165, 1.54) is 0 Å². The minimum atomic E-state index is 0.144. The molecular formula is C18H23N5O2. The monoisotopic (exact) mass is 341 g/mol. The van der Waals surface area contributed by atoms with Crippen LogP contribution < -0.4 is 15.4 Å². The number of ether oxygens (including phenoxy) is 2. The van der Waals surface area contributed by atoms with Crippen molar-refractivity contribution in [2.45, 2.75) is 37.8 Å². The van der Waals surface area contributed by atoms with Gasteiger partial charge in [0, 0.05) is 25.2 Å². The molecule has 132 valence electrons. The molecule has 2 fully saturated rings. The molecule has 2 aliphatic rings. The van der Waals surface area contributed by atoms with Crippen molar-refractivity contribution in [2.75, 3.05) is 31.2 Å². The quantitative estimate of drug-likeness (QED) is 0.914. The first-order valence-corrected chi connectivity index (χ1v) is 8.91. The molecule has 7 heteroatoms. The first-order chi connectivity index (χ1) is 12.2. The van der Waals surface area contributed by atoms with E-state index in [1.54, 1.807) is 10.7 Å². The van der Waals surface area contributed by atoms with Crippen LogP contribution in [0, 0.1) is 11.3 Å². The van der Waals surface area contributed by atoms with E-state index in [2.05, 4.69) is 16.1 Å². The van der Waals surface area contributed by atoms with Gasteiger partial charge in [-0.1, -0.05) is 0 Å². The number of anilines is 1. The van der Waals surface area contributed by atoms with Crippen LogP contribution in [0.2, 0.25) is 0 Å². The number of aromatic nitrogens is 2. The van der Waals surface area contributed by atoms with Gasteiger partial charge in [-0.15, -0.1) is 0 Å². The molecule has 1 aliphatic heterocycles. The second-order valence-corrected chi connectivity index (χ2v) is 6.78. The lowest BCUT2D eigenvalue weighted by Crippen LogP contribution is -2.36. The van der Waals surface area contributed by atoms with Gasteiger partial charge in [-0.25, -0.2) is 4.52 Å². The normalized spacial score (nSPS) is 24.2. The van der Waals surface area contributed by atoms with Crippen molar-refractivity contribution in [1.29, 1.82) is 5.26 Å². The Hall–Kier alpha value is -2.30. The first kappa shape index (κ1) is 16.2. The van der Waals surface area contributed by atoms with Crippen molar-refractivity contribution in [3.05, 3.63) is 24.0 Å². The molecule has 0 amide bonds. The van der Waals surface area contributed by atoms with E-state index >= 15 is 0 Å². The van der Waals surface area contributed by atoms with Crippen LogP contribution in [0.3, 0.4) is 0 Å². The van der Waals surface area contributed by atoms with Crippen LogP contribution in [-0.4, -0.2) is 48.1 Å². The average Bonchev–Trinajstić information content (AvgIpc) is 3.08. The fourth-order valence-corrected chi connectivity index (χ4v) is 3.62. The molecule has 2 aromatic rings. The fraction of sp³-hybridized carbons (Fsp3) is 0.556. The van der Waals surface area contributed by atoms with Gasteiger partial charge in [0.2, 0.25) is 0 Å². The van der Waals surface area contributed by atoms with Crippen molar-refractivity contribution >= 4 is 11.2 Å². The summed E-state index contributed by atoms with van der Waals surface area (Å²) in [6.07, 6.45) is 7.57. The van der Waals surface area contributed by atoms with E-state index in [4.69, 9.17) is 15.2 Å². The summed E-state index contributed by atoms with van der Waals surface area (Å²) in [6, 6.07) is 4.54. The summed E-state index contributed by atoms with van der Waals surface area (Å²) in [5, 5.41) is 13.8. The Morgan fingerprint density at radius 1 is 1.24 bits per heavy atom. The Morgan fingerprint density at radius 2 is 2.00 bits per heavy atom. The van der Waals surface area contributed by atoms with Crippen molar-refractivity contribution in [3.63, 3.8) is 0 Å². The Bertz CT molecular complexity index is 783. The van der Waals surface area contributed by atoms with Gasteiger partial charge in [-0.05, 0) is 25.7 Å². The number of hydrogen-bond donors (Lipinski definition) is 1. The van der Waals surface area contributed by atoms with Crippen LogP contribution in [0.15, 0.2) is 18.5 Å². The number of hydrogen-bond acceptors (Lipinski definition) is 6. The van der Waals surface area contributed by atoms with E-state index in [1.807, 2.05) is 12.3 Å². The van der Waals surface area contributed by atoms with E-state index in [0.717, 1.165) is 68.9 Å². The summed E-state index contributed by atoms with van der Waals surface area (Å²) in [5.41, 5.74) is 8.33.